The van der Waals surface area contributed by atoms with Crippen LogP contribution in [0.2, 0.25) is 0 Å². The number of aromatic amines is 1. The highest BCUT2D eigenvalue weighted by atomic mass is 32.1. The summed E-state index contributed by atoms with van der Waals surface area (Å²) >= 11 is 4.77. The Balaban J connectivity index is 1.66. The van der Waals surface area contributed by atoms with Crippen molar-refractivity contribution in [3.8, 4) is 6.07 Å². The van der Waals surface area contributed by atoms with Crippen LogP contribution in [0.3, 0.4) is 0 Å². The van der Waals surface area contributed by atoms with Gasteiger partial charge in [0.2, 0.25) is 0 Å². The summed E-state index contributed by atoms with van der Waals surface area (Å²) in [5.74, 6) is 1.74. The van der Waals surface area contributed by atoms with Crippen molar-refractivity contribution in [1.82, 2.24) is 19.7 Å². The fraction of sp³-hybridized carbons (Fsp3) is 0.190. The fourth-order valence-corrected chi connectivity index (χ4v) is 3.73. The van der Waals surface area contributed by atoms with Crippen molar-refractivity contribution in [2.24, 2.45) is 0 Å². The summed E-state index contributed by atoms with van der Waals surface area (Å²) in [6, 6.07) is 17.8. The molecule has 0 aliphatic carbocycles. The number of nitriles is 1. The second-order valence-electron chi connectivity index (χ2n) is 6.39. The van der Waals surface area contributed by atoms with Gasteiger partial charge in [-0.2, -0.15) is 17.9 Å². The quantitative estimate of drug-likeness (QED) is 0.514. The molecule has 2 heterocycles. The van der Waals surface area contributed by atoms with Crippen LogP contribution in [0.5, 0.6) is 0 Å². The number of nitrogens with one attached hydrogen (secondary N) is 1. The Morgan fingerprint density at radius 2 is 1.93 bits per heavy atom. The van der Waals surface area contributed by atoms with Gasteiger partial charge in [-0.05, 0) is 36.2 Å². The summed E-state index contributed by atoms with van der Waals surface area (Å²) in [5.41, 5.74) is 3.96. The summed E-state index contributed by atoms with van der Waals surface area (Å²) < 4.78 is 2.12. The zero-order valence-electron chi connectivity index (χ0n) is 14.9. The number of hydrogen-bond acceptors (Lipinski definition) is 4. The predicted molar refractivity (Wildman–Crippen MR) is 109 cm³/mol. The van der Waals surface area contributed by atoms with E-state index < -0.39 is 0 Å². The van der Waals surface area contributed by atoms with E-state index in [-0.39, 0.29) is 5.25 Å². The maximum Gasteiger partial charge on any atom is 0.150 e. The van der Waals surface area contributed by atoms with Crippen LogP contribution in [0.4, 0.5) is 0 Å². The van der Waals surface area contributed by atoms with Crippen molar-refractivity contribution >= 4 is 23.5 Å². The minimum Gasteiger partial charge on any atom is -0.361 e. The fourth-order valence-electron chi connectivity index (χ4n) is 3.36. The summed E-state index contributed by atoms with van der Waals surface area (Å²) in [6.45, 7) is 2.86. The molecule has 1 unspecified atom stereocenters. The van der Waals surface area contributed by atoms with Crippen molar-refractivity contribution in [2.75, 3.05) is 0 Å². The molecule has 1 atom stereocenters. The van der Waals surface area contributed by atoms with E-state index in [1.807, 2.05) is 30.5 Å². The molecule has 2 aromatic carbocycles. The number of para-hydroxylation sites is 1. The van der Waals surface area contributed by atoms with Gasteiger partial charge in [-0.3, -0.25) is 0 Å². The molecule has 0 saturated carbocycles. The molecule has 27 heavy (non-hydrogen) atoms. The molecular weight excluding hydrogens is 354 g/mol. The third kappa shape index (κ3) is 3.22. The number of nitrogens with zero attached hydrogens (tertiary/aromatic N) is 4. The lowest BCUT2D eigenvalue weighted by atomic mass is 10.1. The smallest absolute Gasteiger partial charge is 0.150 e. The van der Waals surface area contributed by atoms with E-state index in [2.05, 4.69) is 44.9 Å². The minimum atomic E-state index is -0.193. The molecule has 6 heteroatoms. The van der Waals surface area contributed by atoms with Crippen LogP contribution >= 0.6 is 12.6 Å². The van der Waals surface area contributed by atoms with E-state index in [0.29, 0.717) is 12.0 Å². The molecule has 0 bridgehead atoms. The Kier molecular flexibility index (Phi) is 4.69. The van der Waals surface area contributed by atoms with Crippen LogP contribution in [-0.2, 0) is 13.0 Å². The maximum absolute atomic E-state index is 8.97. The Bertz CT molecular complexity index is 1120. The van der Waals surface area contributed by atoms with E-state index in [0.717, 1.165) is 29.3 Å². The van der Waals surface area contributed by atoms with Gasteiger partial charge in [-0.1, -0.05) is 30.3 Å². The average Bonchev–Trinajstić information content (AvgIpc) is 3.32. The van der Waals surface area contributed by atoms with Gasteiger partial charge in [-0.15, -0.1) is 10.2 Å². The highest BCUT2D eigenvalue weighted by molar-refractivity contribution is 7.80. The number of aromatic nitrogens is 4. The highest BCUT2D eigenvalue weighted by Gasteiger charge is 2.20. The summed E-state index contributed by atoms with van der Waals surface area (Å²) in [5, 5.41) is 18.9. The summed E-state index contributed by atoms with van der Waals surface area (Å²) in [6.07, 6.45) is 2.75. The first-order valence-electron chi connectivity index (χ1n) is 8.86. The molecule has 0 spiro atoms. The van der Waals surface area contributed by atoms with Crippen molar-refractivity contribution in [2.45, 2.75) is 25.1 Å². The Hall–Kier alpha value is -3.04. The van der Waals surface area contributed by atoms with Gasteiger partial charge < -0.3 is 9.55 Å². The standard InChI is InChI=1S/C21H19N5S/c1-2-26-19(11-16-13-23-18-6-4-3-5-17(16)18)24-25-21(26)20(27)15-9-7-14(12-22)8-10-15/h3-10,13,20,23,27H,2,11H2,1H3. The molecule has 1 N–H and O–H groups in total. The van der Waals surface area contributed by atoms with Gasteiger partial charge in [-0.25, -0.2) is 0 Å². The van der Waals surface area contributed by atoms with Crippen LogP contribution in [0, 0.1) is 11.3 Å². The molecular formula is C21H19N5S. The Morgan fingerprint density at radius 1 is 1.15 bits per heavy atom. The minimum absolute atomic E-state index is 0.193. The number of rotatable bonds is 5. The monoisotopic (exact) mass is 373 g/mol. The molecule has 4 aromatic rings. The maximum atomic E-state index is 8.97. The zero-order chi connectivity index (χ0) is 18.8. The summed E-state index contributed by atoms with van der Waals surface area (Å²) in [7, 11) is 0. The van der Waals surface area contributed by atoms with Crippen molar-refractivity contribution in [3.63, 3.8) is 0 Å². The van der Waals surface area contributed by atoms with Crippen molar-refractivity contribution < 1.29 is 0 Å². The van der Waals surface area contributed by atoms with E-state index in [1.165, 1.54) is 10.9 Å². The first-order valence-corrected chi connectivity index (χ1v) is 9.38. The third-order valence-electron chi connectivity index (χ3n) is 4.80. The largest absolute Gasteiger partial charge is 0.361 e. The molecule has 0 aliphatic heterocycles. The lowest BCUT2D eigenvalue weighted by molar-refractivity contribution is 0.676. The van der Waals surface area contributed by atoms with Crippen LogP contribution in [-0.4, -0.2) is 19.7 Å². The van der Waals surface area contributed by atoms with Gasteiger partial charge >= 0.3 is 0 Å². The SMILES string of the molecule is CCn1c(Cc2c[nH]c3ccccc23)nnc1C(S)c1ccc(C#N)cc1. The summed E-state index contributed by atoms with van der Waals surface area (Å²) in [4.78, 5) is 3.31. The lowest BCUT2D eigenvalue weighted by Gasteiger charge is -2.13. The molecule has 0 aliphatic rings. The molecule has 2 aromatic heterocycles. The molecule has 0 fully saturated rings. The van der Waals surface area contributed by atoms with Gasteiger partial charge in [0.15, 0.2) is 0 Å². The van der Waals surface area contributed by atoms with Gasteiger partial charge in [0.05, 0.1) is 16.9 Å². The van der Waals surface area contributed by atoms with E-state index in [4.69, 9.17) is 17.9 Å². The average molecular weight is 373 g/mol. The van der Waals surface area contributed by atoms with Crippen LogP contribution in [0.15, 0.2) is 54.7 Å². The van der Waals surface area contributed by atoms with Gasteiger partial charge in [0, 0.05) is 30.1 Å². The lowest BCUT2D eigenvalue weighted by Crippen LogP contribution is -2.09. The van der Waals surface area contributed by atoms with E-state index in [9.17, 15) is 0 Å². The predicted octanol–water partition coefficient (Wildman–Crippen LogP) is 4.26. The molecule has 0 amide bonds. The molecule has 4 rings (SSSR count). The second-order valence-corrected chi connectivity index (χ2v) is 6.91. The second kappa shape index (κ2) is 7.29. The number of benzene rings is 2. The topological polar surface area (TPSA) is 70.3 Å². The number of fused-ring (bicyclic) bond motifs is 1. The molecule has 0 saturated heterocycles. The van der Waals surface area contributed by atoms with Gasteiger partial charge in [0.25, 0.3) is 0 Å². The normalized spacial score (nSPS) is 12.2. The van der Waals surface area contributed by atoms with Crippen LogP contribution in [0.25, 0.3) is 10.9 Å². The first-order chi connectivity index (χ1) is 13.2. The van der Waals surface area contributed by atoms with Crippen LogP contribution in [0.1, 0.15) is 40.5 Å². The van der Waals surface area contributed by atoms with Crippen LogP contribution < -0.4 is 0 Å². The molecule has 0 radical (unpaired) electrons. The molecule has 5 nitrogen and oxygen atoms in total. The Morgan fingerprint density at radius 3 is 2.67 bits per heavy atom. The van der Waals surface area contributed by atoms with Gasteiger partial charge in [0.1, 0.15) is 11.6 Å². The third-order valence-corrected chi connectivity index (χ3v) is 5.32. The van der Waals surface area contributed by atoms with E-state index >= 15 is 0 Å². The van der Waals surface area contributed by atoms with Crippen molar-refractivity contribution in [3.05, 3.63) is 83.1 Å². The number of thiol groups is 1. The first kappa shape index (κ1) is 17.4. The van der Waals surface area contributed by atoms with Crippen molar-refractivity contribution in [1.29, 1.82) is 5.26 Å². The highest BCUT2D eigenvalue weighted by Crippen LogP contribution is 2.29. The zero-order valence-corrected chi connectivity index (χ0v) is 15.8. The molecule has 134 valence electrons. The Labute approximate surface area is 163 Å². The van der Waals surface area contributed by atoms with E-state index in [1.54, 1.807) is 12.1 Å². The number of H-pyrrole nitrogens is 1. The number of hydrogen-bond donors (Lipinski definition) is 2.